The maximum Gasteiger partial charge on any atom is -0.0106 e. The van der Waals surface area contributed by atoms with Crippen LogP contribution in [0.25, 0.3) is 45.8 Å². The molecule has 0 saturated carbocycles. The number of benzene rings is 4. The lowest BCUT2D eigenvalue weighted by Gasteiger charge is -2.05. The first kappa shape index (κ1) is 19.1. The molecule has 0 spiro atoms. The third-order valence-corrected chi connectivity index (χ3v) is 4.86. The Hall–Kier alpha value is -3.64. The second-order valence-electron chi connectivity index (χ2n) is 6.40. The minimum Gasteiger partial charge on any atom is -0.0984 e. The van der Waals surface area contributed by atoms with Gasteiger partial charge < -0.3 is 0 Å². The summed E-state index contributed by atoms with van der Waals surface area (Å²) in [6.07, 6.45) is 7.51. The normalized spacial score (nSPS) is 10.0. The van der Waals surface area contributed by atoms with E-state index >= 15 is 0 Å². The van der Waals surface area contributed by atoms with Crippen LogP contribution >= 0.6 is 0 Å². The predicted octanol–water partition coefficient (Wildman–Crippen LogP) is 8.25. The molecule has 0 unspecified atom stereocenters. The molecule has 0 atom stereocenters. The van der Waals surface area contributed by atoms with Crippen LogP contribution in [0.15, 0.2) is 99.1 Å². The minimum absolute atomic E-state index is 1.14. The lowest BCUT2D eigenvalue weighted by atomic mass is 9.99. The van der Waals surface area contributed by atoms with Gasteiger partial charge in [-0.3, -0.25) is 0 Å². The molecule has 4 aromatic carbocycles. The quantitative estimate of drug-likeness (QED) is 0.343. The van der Waals surface area contributed by atoms with Crippen molar-refractivity contribution in [3.63, 3.8) is 0 Å². The molecule has 0 radical (unpaired) electrons. The van der Waals surface area contributed by atoms with Crippen molar-refractivity contribution < 1.29 is 0 Å². The lowest BCUT2D eigenvalue weighted by Crippen LogP contribution is -1.82. The first-order valence-electron chi connectivity index (χ1n) is 9.26. The van der Waals surface area contributed by atoms with E-state index in [4.69, 9.17) is 0 Å². The topological polar surface area (TPSA) is 0 Å². The van der Waals surface area contributed by atoms with Crippen molar-refractivity contribution >= 4 is 45.8 Å². The molecule has 0 amide bonds. The fraction of sp³-hybridized carbons (Fsp3) is 0. The van der Waals surface area contributed by atoms with Crippen LogP contribution in [0, 0.1) is 0 Å². The molecular weight excluding hydrogens is 336 g/mol. The van der Waals surface area contributed by atoms with Crippen molar-refractivity contribution in [1.29, 1.82) is 0 Å². The van der Waals surface area contributed by atoms with Gasteiger partial charge >= 0.3 is 0 Å². The fourth-order valence-corrected chi connectivity index (χ4v) is 3.44. The number of hydrogen-bond acceptors (Lipinski definition) is 0. The smallest absolute Gasteiger partial charge is 0.0106 e. The van der Waals surface area contributed by atoms with Crippen LogP contribution < -0.4 is 0 Å². The average Bonchev–Trinajstić information content (AvgIpc) is 2.77. The van der Waals surface area contributed by atoms with E-state index < -0.39 is 0 Å². The molecule has 0 aliphatic heterocycles. The Morgan fingerprint density at radius 3 is 1.18 bits per heavy atom. The Kier molecular flexibility index (Phi) is 6.04. The van der Waals surface area contributed by atoms with E-state index in [2.05, 4.69) is 74.8 Å². The highest BCUT2D eigenvalue weighted by molar-refractivity contribution is 5.94. The zero-order valence-corrected chi connectivity index (χ0v) is 16.1. The maximum atomic E-state index is 3.84. The summed E-state index contributed by atoms with van der Waals surface area (Å²) < 4.78 is 0. The van der Waals surface area contributed by atoms with Gasteiger partial charge in [0.05, 0.1) is 0 Å². The first-order chi connectivity index (χ1) is 13.7. The van der Waals surface area contributed by atoms with Gasteiger partial charge in [0.2, 0.25) is 0 Å². The van der Waals surface area contributed by atoms with E-state index in [9.17, 15) is 0 Å². The molecule has 0 nitrogen and oxygen atoms in total. The standard InChI is InChI=1S/2C14H12/c2*1-3-11-9-10-12-7-5-6-8-14(12)13(11)4-2/h2*3-10H,1-2H2. The molecule has 0 saturated heterocycles. The van der Waals surface area contributed by atoms with Crippen LogP contribution in [0.2, 0.25) is 0 Å². The van der Waals surface area contributed by atoms with Crippen molar-refractivity contribution in [2.24, 2.45) is 0 Å². The molecule has 0 heterocycles. The molecule has 0 heteroatoms. The van der Waals surface area contributed by atoms with Gasteiger partial charge in [-0.1, -0.05) is 123 Å². The van der Waals surface area contributed by atoms with Crippen molar-refractivity contribution in [3.05, 3.63) is 121 Å². The molecule has 0 fully saturated rings. The fourth-order valence-electron chi connectivity index (χ4n) is 3.44. The van der Waals surface area contributed by atoms with E-state index in [0.29, 0.717) is 0 Å². The minimum atomic E-state index is 1.14. The van der Waals surface area contributed by atoms with Crippen LogP contribution in [0.3, 0.4) is 0 Å². The molecule has 136 valence electrons. The van der Waals surface area contributed by atoms with Crippen LogP contribution in [0.4, 0.5) is 0 Å². The Morgan fingerprint density at radius 1 is 0.429 bits per heavy atom. The van der Waals surface area contributed by atoms with Crippen LogP contribution in [0.1, 0.15) is 22.3 Å². The SMILES string of the molecule is C=Cc1ccc2ccccc2c1C=C.C=Cc1ccc2ccccc2c1C=C. The van der Waals surface area contributed by atoms with Crippen molar-refractivity contribution in [2.75, 3.05) is 0 Å². The van der Waals surface area contributed by atoms with E-state index in [0.717, 1.165) is 22.3 Å². The van der Waals surface area contributed by atoms with Crippen molar-refractivity contribution in [3.8, 4) is 0 Å². The van der Waals surface area contributed by atoms with Crippen molar-refractivity contribution in [1.82, 2.24) is 0 Å². The first-order valence-corrected chi connectivity index (χ1v) is 9.26. The van der Waals surface area contributed by atoms with Gasteiger partial charge in [-0.25, -0.2) is 0 Å². The summed E-state index contributed by atoms with van der Waals surface area (Å²) in [5, 5.41) is 4.96. The lowest BCUT2D eigenvalue weighted by molar-refractivity contribution is 1.67. The monoisotopic (exact) mass is 360 g/mol. The van der Waals surface area contributed by atoms with Gasteiger partial charge in [0.15, 0.2) is 0 Å². The summed E-state index contributed by atoms with van der Waals surface area (Å²) in [5.74, 6) is 0. The van der Waals surface area contributed by atoms with Crippen LogP contribution in [0.5, 0.6) is 0 Å². The summed E-state index contributed by atoms with van der Waals surface area (Å²) >= 11 is 0. The number of hydrogen-bond donors (Lipinski definition) is 0. The van der Waals surface area contributed by atoms with E-state index in [-0.39, 0.29) is 0 Å². The van der Waals surface area contributed by atoms with Gasteiger partial charge in [-0.2, -0.15) is 0 Å². The number of fused-ring (bicyclic) bond motifs is 2. The highest BCUT2D eigenvalue weighted by Gasteiger charge is 2.01. The molecule has 0 aromatic heterocycles. The molecule has 0 bridgehead atoms. The molecule has 4 aromatic rings. The van der Waals surface area contributed by atoms with E-state index in [1.165, 1.54) is 21.5 Å². The molecular formula is C28H24. The van der Waals surface area contributed by atoms with Gasteiger partial charge in [-0.15, -0.1) is 0 Å². The molecule has 28 heavy (non-hydrogen) atoms. The van der Waals surface area contributed by atoms with Crippen molar-refractivity contribution in [2.45, 2.75) is 0 Å². The van der Waals surface area contributed by atoms with Crippen LogP contribution in [-0.2, 0) is 0 Å². The van der Waals surface area contributed by atoms with Gasteiger partial charge in [-0.05, 0) is 43.8 Å². The number of rotatable bonds is 4. The Labute approximate surface area is 167 Å². The third-order valence-electron chi connectivity index (χ3n) is 4.86. The summed E-state index contributed by atoms with van der Waals surface area (Å²) in [6, 6.07) is 25.0. The molecule has 0 aliphatic carbocycles. The third kappa shape index (κ3) is 3.72. The largest absolute Gasteiger partial charge is 0.0984 e. The summed E-state index contributed by atoms with van der Waals surface area (Å²) in [6.45, 7) is 15.3. The Balaban J connectivity index is 0.000000161. The van der Waals surface area contributed by atoms with Gasteiger partial charge in [0, 0.05) is 0 Å². The van der Waals surface area contributed by atoms with Crippen LogP contribution in [-0.4, -0.2) is 0 Å². The van der Waals surface area contributed by atoms with Gasteiger partial charge in [0.25, 0.3) is 0 Å². The highest BCUT2D eigenvalue weighted by Crippen LogP contribution is 2.25. The Morgan fingerprint density at radius 2 is 0.821 bits per heavy atom. The molecule has 4 rings (SSSR count). The second kappa shape index (κ2) is 8.83. The molecule has 0 N–H and O–H groups in total. The summed E-state index contributed by atoms with van der Waals surface area (Å²) in [5.41, 5.74) is 4.61. The zero-order chi connectivity index (χ0) is 19.9. The van der Waals surface area contributed by atoms with E-state index in [1.54, 1.807) is 0 Å². The van der Waals surface area contributed by atoms with E-state index in [1.807, 2.05) is 48.6 Å². The van der Waals surface area contributed by atoms with Gasteiger partial charge in [0.1, 0.15) is 0 Å². The highest BCUT2D eigenvalue weighted by atomic mass is 14.1. The zero-order valence-electron chi connectivity index (χ0n) is 16.1. The second-order valence-corrected chi connectivity index (χ2v) is 6.40. The molecule has 0 aliphatic rings. The Bertz CT molecular complexity index is 1080. The predicted molar refractivity (Wildman–Crippen MR) is 128 cm³/mol. The summed E-state index contributed by atoms with van der Waals surface area (Å²) in [7, 11) is 0. The summed E-state index contributed by atoms with van der Waals surface area (Å²) in [4.78, 5) is 0. The average molecular weight is 361 g/mol. The maximum absolute atomic E-state index is 3.84.